The largest absolute Gasteiger partial charge is 0.396 e. The third-order valence-corrected chi connectivity index (χ3v) is 4.46. The monoisotopic (exact) mass is 252 g/mol. The van der Waals surface area contributed by atoms with E-state index in [1.165, 1.54) is 28.9 Å². The molecule has 0 radical (unpaired) electrons. The number of nitrogens with zero attached hydrogens (tertiary/aromatic N) is 1. The van der Waals surface area contributed by atoms with Gasteiger partial charge in [0.1, 0.15) is 5.52 Å². The third-order valence-electron chi connectivity index (χ3n) is 2.51. The van der Waals surface area contributed by atoms with Gasteiger partial charge in [-0.25, -0.2) is 4.98 Å². The molecule has 0 aliphatic rings. The summed E-state index contributed by atoms with van der Waals surface area (Å²) >= 11 is 3.49. The fourth-order valence-corrected chi connectivity index (χ4v) is 3.27. The van der Waals surface area contributed by atoms with Crippen LogP contribution in [0.25, 0.3) is 10.2 Å². The summed E-state index contributed by atoms with van der Waals surface area (Å²) in [5.74, 6) is 1.15. The minimum absolute atomic E-state index is 0.847. The number of nitrogens with two attached hydrogens (primary N) is 1. The van der Waals surface area contributed by atoms with Gasteiger partial charge in [-0.05, 0) is 24.3 Å². The third kappa shape index (κ3) is 2.50. The topological polar surface area (TPSA) is 38.9 Å². The molecular weight excluding hydrogens is 236 g/mol. The Morgan fingerprint density at radius 1 is 1.38 bits per heavy atom. The van der Waals surface area contributed by atoms with Crippen molar-refractivity contribution in [3.8, 4) is 0 Å². The molecule has 16 heavy (non-hydrogen) atoms. The normalized spacial score (nSPS) is 11.1. The second kappa shape index (κ2) is 5.55. The maximum Gasteiger partial charge on any atom is 0.105 e. The van der Waals surface area contributed by atoms with Crippen LogP contribution in [-0.4, -0.2) is 10.7 Å². The molecule has 1 aromatic carbocycles. The van der Waals surface area contributed by atoms with Crippen LogP contribution in [0.3, 0.4) is 0 Å². The molecule has 0 spiro atoms. The van der Waals surface area contributed by atoms with Crippen molar-refractivity contribution in [1.82, 2.24) is 4.98 Å². The molecule has 0 atom stereocenters. The summed E-state index contributed by atoms with van der Waals surface area (Å²) in [6.07, 6.45) is 3.82. The average molecular weight is 252 g/mol. The van der Waals surface area contributed by atoms with E-state index in [0.717, 1.165) is 17.0 Å². The molecule has 86 valence electrons. The first-order valence-electron chi connectivity index (χ1n) is 5.57. The van der Waals surface area contributed by atoms with Crippen molar-refractivity contribution in [1.29, 1.82) is 0 Å². The first-order valence-corrected chi connectivity index (χ1v) is 7.44. The van der Waals surface area contributed by atoms with Crippen LogP contribution in [0.15, 0.2) is 22.5 Å². The highest BCUT2D eigenvalue weighted by Crippen LogP contribution is 2.33. The summed E-state index contributed by atoms with van der Waals surface area (Å²) in [5, 5.41) is 0. The van der Waals surface area contributed by atoms with Crippen LogP contribution in [0.5, 0.6) is 0 Å². The SMILES string of the molecule is CCCCCSc1ccc2scnc2c1N. The molecule has 0 saturated carbocycles. The first kappa shape index (κ1) is 11.7. The van der Waals surface area contributed by atoms with E-state index in [9.17, 15) is 0 Å². The van der Waals surface area contributed by atoms with Crippen molar-refractivity contribution < 1.29 is 0 Å². The highest BCUT2D eigenvalue weighted by molar-refractivity contribution is 7.99. The lowest BCUT2D eigenvalue weighted by Gasteiger charge is -2.05. The lowest BCUT2D eigenvalue weighted by Crippen LogP contribution is -1.91. The van der Waals surface area contributed by atoms with Gasteiger partial charge in [-0.1, -0.05) is 19.8 Å². The predicted molar refractivity (Wildman–Crippen MR) is 74.3 cm³/mol. The number of hydrogen-bond acceptors (Lipinski definition) is 4. The van der Waals surface area contributed by atoms with Gasteiger partial charge >= 0.3 is 0 Å². The second-order valence-electron chi connectivity index (χ2n) is 3.73. The Hall–Kier alpha value is -0.740. The van der Waals surface area contributed by atoms with Gasteiger partial charge in [0.15, 0.2) is 0 Å². The number of thioether (sulfide) groups is 1. The number of thiazole rings is 1. The van der Waals surface area contributed by atoms with E-state index in [1.807, 2.05) is 17.3 Å². The molecule has 0 unspecified atom stereocenters. The van der Waals surface area contributed by atoms with Gasteiger partial charge in [-0.15, -0.1) is 23.1 Å². The summed E-state index contributed by atoms with van der Waals surface area (Å²) in [4.78, 5) is 5.48. The van der Waals surface area contributed by atoms with E-state index >= 15 is 0 Å². The summed E-state index contributed by atoms with van der Waals surface area (Å²) in [6.45, 7) is 2.22. The number of rotatable bonds is 5. The summed E-state index contributed by atoms with van der Waals surface area (Å²) in [6, 6.07) is 4.23. The standard InChI is InChI=1S/C12H16N2S2/c1-2-3-4-7-15-9-5-6-10-12(11(9)13)14-8-16-10/h5-6,8H,2-4,7,13H2,1H3. The molecule has 1 heterocycles. The zero-order chi connectivity index (χ0) is 11.4. The van der Waals surface area contributed by atoms with Crippen LogP contribution in [0.1, 0.15) is 26.2 Å². The van der Waals surface area contributed by atoms with E-state index < -0.39 is 0 Å². The van der Waals surface area contributed by atoms with Crippen LogP contribution >= 0.6 is 23.1 Å². The molecule has 2 rings (SSSR count). The molecule has 0 aliphatic carbocycles. The molecule has 2 nitrogen and oxygen atoms in total. The minimum Gasteiger partial charge on any atom is -0.396 e. The number of benzene rings is 1. The quantitative estimate of drug-likeness (QED) is 0.493. The number of anilines is 1. The van der Waals surface area contributed by atoms with Crippen molar-refractivity contribution in [2.75, 3.05) is 11.5 Å². The maximum absolute atomic E-state index is 6.10. The molecule has 0 amide bonds. The fourth-order valence-electron chi connectivity index (χ4n) is 1.59. The number of aromatic nitrogens is 1. The molecular formula is C12H16N2S2. The Kier molecular flexibility index (Phi) is 4.07. The van der Waals surface area contributed by atoms with Gasteiger partial charge in [-0.3, -0.25) is 0 Å². The van der Waals surface area contributed by atoms with E-state index in [1.54, 1.807) is 11.3 Å². The maximum atomic E-state index is 6.10. The average Bonchev–Trinajstić information content (AvgIpc) is 2.76. The van der Waals surface area contributed by atoms with Crippen molar-refractivity contribution in [3.05, 3.63) is 17.6 Å². The van der Waals surface area contributed by atoms with E-state index in [-0.39, 0.29) is 0 Å². The van der Waals surface area contributed by atoms with Crippen LogP contribution in [0.2, 0.25) is 0 Å². The molecule has 2 aromatic rings. The van der Waals surface area contributed by atoms with E-state index in [0.29, 0.717) is 0 Å². The van der Waals surface area contributed by atoms with Crippen LogP contribution in [0.4, 0.5) is 5.69 Å². The number of hydrogen-bond donors (Lipinski definition) is 1. The molecule has 4 heteroatoms. The Balaban J connectivity index is 2.09. The van der Waals surface area contributed by atoms with Gasteiger partial charge < -0.3 is 5.73 Å². The zero-order valence-electron chi connectivity index (χ0n) is 9.40. The molecule has 0 bridgehead atoms. The molecule has 1 aromatic heterocycles. The van der Waals surface area contributed by atoms with Gasteiger partial charge in [-0.2, -0.15) is 0 Å². The lowest BCUT2D eigenvalue weighted by atomic mass is 10.3. The number of fused-ring (bicyclic) bond motifs is 1. The van der Waals surface area contributed by atoms with Crippen molar-refractivity contribution >= 4 is 39.0 Å². The van der Waals surface area contributed by atoms with Crippen molar-refractivity contribution in [3.63, 3.8) is 0 Å². The molecule has 0 fully saturated rings. The molecule has 0 saturated heterocycles. The summed E-state index contributed by atoms with van der Waals surface area (Å²) in [7, 11) is 0. The lowest BCUT2D eigenvalue weighted by molar-refractivity contribution is 0.778. The van der Waals surface area contributed by atoms with Crippen LogP contribution in [0, 0.1) is 0 Å². The van der Waals surface area contributed by atoms with Gasteiger partial charge in [0.2, 0.25) is 0 Å². The number of unbranched alkanes of at least 4 members (excludes halogenated alkanes) is 2. The Labute approximate surface area is 104 Å². The Morgan fingerprint density at radius 3 is 3.06 bits per heavy atom. The fraction of sp³-hybridized carbons (Fsp3) is 0.417. The minimum atomic E-state index is 0.847. The first-order chi connectivity index (χ1) is 7.83. The van der Waals surface area contributed by atoms with E-state index in [4.69, 9.17) is 5.73 Å². The predicted octanol–water partition coefficient (Wildman–Crippen LogP) is 4.16. The van der Waals surface area contributed by atoms with Crippen LogP contribution in [-0.2, 0) is 0 Å². The molecule has 0 aliphatic heterocycles. The van der Waals surface area contributed by atoms with Gasteiger partial charge in [0.25, 0.3) is 0 Å². The van der Waals surface area contributed by atoms with Gasteiger partial charge in [0.05, 0.1) is 15.9 Å². The van der Waals surface area contributed by atoms with Gasteiger partial charge in [0, 0.05) is 4.90 Å². The highest BCUT2D eigenvalue weighted by atomic mass is 32.2. The second-order valence-corrected chi connectivity index (χ2v) is 5.76. The van der Waals surface area contributed by atoms with Crippen molar-refractivity contribution in [2.45, 2.75) is 31.1 Å². The highest BCUT2D eigenvalue weighted by Gasteiger charge is 2.06. The van der Waals surface area contributed by atoms with Crippen molar-refractivity contribution in [2.24, 2.45) is 0 Å². The number of nitrogen functional groups attached to an aromatic ring is 1. The Morgan fingerprint density at radius 2 is 2.25 bits per heavy atom. The zero-order valence-corrected chi connectivity index (χ0v) is 11.0. The summed E-state index contributed by atoms with van der Waals surface area (Å²) in [5.41, 5.74) is 9.77. The van der Waals surface area contributed by atoms with Crippen LogP contribution < -0.4 is 5.73 Å². The van der Waals surface area contributed by atoms with E-state index in [2.05, 4.69) is 24.0 Å². The smallest absolute Gasteiger partial charge is 0.105 e. The summed E-state index contributed by atoms with van der Waals surface area (Å²) < 4.78 is 1.18. The Bertz CT molecular complexity index is 465. The molecule has 2 N–H and O–H groups in total.